The van der Waals surface area contributed by atoms with E-state index >= 15 is 0 Å². The van der Waals surface area contributed by atoms with Gasteiger partial charge in [-0.05, 0) is 66.2 Å². The van der Waals surface area contributed by atoms with Gasteiger partial charge >= 0.3 is 25.8 Å². The minimum Gasteiger partial charge on any atom is -0.358 e. The Labute approximate surface area is 286 Å². The van der Waals surface area contributed by atoms with Crippen LogP contribution in [0, 0.1) is 40.5 Å². The van der Waals surface area contributed by atoms with Gasteiger partial charge in [0.1, 0.15) is 0 Å². The quantitative estimate of drug-likeness (QED) is 0.108. The molecule has 44 heavy (non-hydrogen) atoms. The number of hydrogen-bond acceptors (Lipinski definition) is 0. The molecule has 224 valence electrons. The van der Waals surface area contributed by atoms with Crippen LogP contribution in [0.15, 0.2) is 109 Å². The molecule has 0 heterocycles. The topological polar surface area (TPSA) is 0 Å². The van der Waals surface area contributed by atoms with Crippen LogP contribution in [0.3, 0.4) is 0 Å². The first kappa shape index (κ1) is 35.4. The van der Waals surface area contributed by atoms with Gasteiger partial charge in [0.05, 0.1) is 0 Å². The van der Waals surface area contributed by atoms with Gasteiger partial charge in [0.25, 0.3) is 0 Å². The first-order chi connectivity index (χ1) is 19.8. The van der Waals surface area contributed by atoms with E-state index in [2.05, 4.69) is 151 Å². The van der Waals surface area contributed by atoms with Crippen LogP contribution in [0.5, 0.6) is 0 Å². The Morgan fingerprint density at radius 3 is 1.25 bits per heavy atom. The summed E-state index contributed by atoms with van der Waals surface area (Å²) in [4.78, 5) is 0. The molecule has 0 aliphatic carbocycles. The summed E-state index contributed by atoms with van der Waals surface area (Å²) >= 11 is 0. The largest absolute Gasteiger partial charge is 4.00 e. The van der Waals surface area contributed by atoms with Gasteiger partial charge in [-0.25, -0.2) is 0 Å². The molecule has 0 spiro atoms. The molecule has 0 aliphatic rings. The van der Waals surface area contributed by atoms with Crippen molar-refractivity contribution in [3.8, 4) is 22.3 Å². The third-order valence-electron chi connectivity index (χ3n) is 8.99. The Morgan fingerprint density at radius 2 is 0.886 bits per heavy atom. The Balaban J connectivity index is 0.00000176. The molecule has 0 fully saturated rings. The molecule has 6 aromatic carbocycles. The van der Waals surface area contributed by atoms with Crippen molar-refractivity contribution < 1.29 is 25.8 Å². The number of fused-ring (bicyclic) bond motifs is 2. The van der Waals surface area contributed by atoms with Crippen molar-refractivity contribution in [1.82, 2.24) is 0 Å². The Morgan fingerprint density at radius 1 is 0.523 bits per heavy atom. The maximum absolute atomic E-state index is 2.53. The van der Waals surface area contributed by atoms with E-state index in [9.17, 15) is 0 Å². The van der Waals surface area contributed by atoms with Gasteiger partial charge < -0.3 is 14.9 Å². The zero-order valence-corrected chi connectivity index (χ0v) is 31.6. The van der Waals surface area contributed by atoms with Gasteiger partial charge in [-0.1, -0.05) is 99.5 Å². The maximum Gasteiger partial charge on any atom is 4.00 e. The smallest absolute Gasteiger partial charge is 0.358 e. The molecule has 0 aromatic heterocycles. The van der Waals surface area contributed by atoms with Gasteiger partial charge in [0, 0.05) is 0 Å². The minimum atomic E-state index is -0.0631. The standard InChI is InChI=1S/C41H42.2CH3.Hf/c1-27(2)25-41(26-28(3)4,33-21-31-15-11-19-37(39(31)23-33)35-17-9-7-13-29(35)5)34-22-32-16-12-20-38(40(32)24-34)36-18-10-8-14-30(36)6;;;/h7-24,27-28H,25-26H2,1-6H3;2*1H3;/q-2;2*-1;+4. The average Bonchev–Trinajstić information content (AvgIpc) is 3.58. The molecule has 0 atom stereocenters. The van der Waals surface area contributed by atoms with Crippen molar-refractivity contribution in [3.63, 3.8) is 0 Å². The third kappa shape index (κ3) is 6.50. The van der Waals surface area contributed by atoms with E-state index < -0.39 is 0 Å². The molecule has 1 heteroatoms. The molecule has 0 saturated heterocycles. The predicted octanol–water partition coefficient (Wildman–Crippen LogP) is 12.7. The van der Waals surface area contributed by atoms with Crippen LogP contribution in [-0.2, 0) is 31.3 Å². The molecule has 0 saturated carbocycles. The Bertz CT molecular complexity index is 1690. The van der Waals surface area contributed by atoms with Crippen molar-refractivity contribution in [3.05, 3.63) is 146 Å². The van der Waals surface area contributed by atoms with Crippen LogP contribution in [0.25, 0.3) is 43.8 Å². The molecule has 0 radical (unpaired) electrons. The van der Waals surface area contributed by atoms with Crippen LogP contribution >= 0.6 is 0 Å². The molecular weight excluding hydrogens is 695 g/mol. The molecular formula is C43H48Hf. The van der Waals surface area contributed by atoms with Crippen molar-refractivity contribution in [2.45, 2.75) is 59.8 Å². The molecule has 0 bridgehead atoms. The summed E-state index contributed by atoms with van der Waals surface area (Å²) in [5, 5.41) is 5.42. The maximum atomic E-state index is 2.53. The van der Waals surface area contributed by atoms with Crippen molar-refractivity contribution in [2.24, 2.45) is 11.8 Å². The molecule has 6 rings (SSSR count). The van der Waals surface area contributed by atoms with Gasteiger partial charge in [0.2, 0.25) is 0 Å². The predicted molar refractivity (Wildman–Crippen MR) is 192 cm³/mol. The van der Waals surface area contributed by atoms with Crippen LogP contribution < -0.4 is 0 Å². The average molecular weight is 743 g/mol. The summed E-state index contributed by atoms with van der Waals surface area (Å²) in [5.74, 6) is 1.13. The first-order valence-electron chi connectivity index (χ1n) is 15.3. The fourth-order valence-electron chi connectivity index (χ4n) is 7.36. The summed E-state index contributed by atoms with van der Waals surface area (Å²) in [6.45, 7) is 14.0. The summed E-state index contributed by atoms with van der Waals surface area (Å²) in [6.07, 6.45) is 2.24. The van der Waals surface area contributed by atoms with Crippen LogP contribution in [-0.4, -0.2) is 0 Å². The van der Waals surface area contributed by atoms with E-state index in [1.807, 2.05) is 0 Å². The summed E-state index contributed by atoms with van der Waals surface area (Å²) in [5.41, 5.74) is 10.8. The van der Waals surface area contributed by atoms with Gasteiger partial charge in [-0.3, -0.25) is 0 Å². The summed E-state index contributed by atoms with van der Waals surface area (Å²) in [6, 6.07) is 41.3. The Hall–Kier alpha value is -3.03. The molecule has 0 nitrogen and oxygen atoms in total. The molecule has 0 aliphatic heterocycles. The van der Waals surface area contributed by atoms with Crippen molar-refractivity contribution in [2.75, 3.05) is 0 Å². The monoisotopic (exact) mass is 744 g/mol. The first-order valence-corrected chi connectivity index (χ1v) is 15.3. The fourth-order valence-corrected chi connectivity index (χ4v) is 7.36. The molecule has 0 N–H and O–H groups in total. The van der Waals surface area contributed by atoms with Crippen molar-refractivity contribution in [1.29, 1.82) is 0 Å². The summed E-state index contributed by atoms with van der Waals surface area (Å²) in [7, 11) is 0. The zero-order valence-electron chi connectivity index (χ0n) is 28.0. The second-order valence-corrected chi connectivity index (χ2v) is 13.0. The SMILES string of the molecule is Cc1ccccc1-c1cccc2[cH-]c(C(CC(C)C)(CC(C)C)c3cc4c(-c5ccccc5C)cccc4[cH-]3)cc12.[CH3-].[CH3-].[Hf+4]. The third-order valence-corrected chi connectivity index (χ3v) is 8.99. The van der Waals surface area contributed by atoms with E-state index in [-0.39, 0.29) is 46.1 Å². The minimum absolute atomic E-state index is 0. The number of hydrogen-bond donors (Lipinski definition) is 0. The van der Waals surface area contributed by atoms with E-state index in [4.69, 9.17) is 0 Å². The molecule has 0 amide bonds. The van der Waals surface area contributed by atoms with Gasteiger partial charge in [-0.15, -0.1) is 69.1 Å². The van der Waals surface area contributed by atoms with E-state index in [0.717, 1.165) is 12.8 Å². The molecule has 0 unspecified atom stereocenters. The van der Waals surface area contributed by atoms with E-state index in [1.165, 1.54) is 66.1 Å². The van der Waals surface area contributed by atoms with Crippen molar-refractivity contribution >= 4 is 21.5 Å². The van der Waals surface area contributed by atoms with Gasteiger partial charge in [0.15, 0.2) is 0 Å². The summed E-state index contributed by atoms with van der Waals surface area (Å²) < 4.78 is 0. The fraction of sp³-hybridized carbons (Fsp3) is 0.256. The van der Waals surface area contributed by atoms with E-state index in [1.54, 1.807) is 0 Å². The van der Waals surface area contributed by atoms with Gasteiger partial charge in [-0.2, -0.15) is 12.1 Å². The number of benzene rings is 4. The second kappa shape index (κ2) is 14.4. The number of aryl methyl sites for hydroxylation is 2. The number of rotatable bonds is 8. The molecule has 6 aromatic rings. The Kier molecular flexibility index (Phi) is 11.6. The van der Waals surface area contributed by atoms with Crippen LogP contribution in [0.4, 0.5) is 0 Å². The van der Waals surface area contributed by atoms with Crippen LogP contribution in [0.2, 0.25) is 0 Å². The van der Waals surface area contributed by atoms with E-state index in [0.29, 0.717) is 11.8 Å². The zero-order chi connectivity index (χ0) is 28.7. The second-order valence-electron chi connectivity index (χ2n) is 13.0. The van der Waals surface area contributed by atoms with Crippen LogP contribution in [0.1, 0.15) is 62.8 Å². The normalized spacial score (nSPS) is 11.5.